The molecule has 1 heterocycles. The molecule has 20 heavy (non-hydrogen) atoms. The van der Waals surface area contributed by atoms with Crippen LogP contribution in [0.25, 0.3) is 10.9 Å². The lowest BCUT2D eigenvalue weighted by Gasteiger charge is -2.15. The van der Waals surface area contributed by atoms with E-state index in [0.29, 0.717) is 12.8 Å². The minimum absolute atomic E-state index is 0.0574. The summed E-state index contributed by atoms with van der Waals surface area (Å²) >= 11 is 5.79. The average Bonchev–Trinajstić information content (AvgIpc) is 3.21. The second kappa shape index (κ2) is 4.28. The summed E-state index contributed by atoms with van der Waals surface area (Å²) in [6.07, 6.45) is 1.40. The molecule has 2 aromatic rings. The Bertz CT molecular complexity index is 812. The highest BCUT2D eigenvalue weighted by molar-refractivity contribution is 6.35. The third kappa shape index (κ3) is 1.79. The van der Waals surface area contributed by atoms with Crippen LogP contribution in [0.1, 0.15) is 29.4 Å². The third-order valence-electron chi connectivity index (χ3n) is 3.30. The van der Waals surface area contributed by atoms with Gasteiger partial charge in [-0.1, -0.05) is 11.6 Å². The second-order valence-corrected chi connectivity index (χ2v) is 5.06. The van der Waals surface area contributed by atoms with Crippen molar-refractivity contribution in [2.24, 2.45) is 0 Å². The second-order valence-electron chi connectivity index (χ2n) is 4.68. The van der Waals surface area contributed by atoms with Crippen molar-refractivity contribution >= 4 is 28.5 Å². The lowest BCUT2D eigenvalue weighted by atomic mass is 10.1. The average molecular weight is 300 g/mol. The largest absolute Gasteiger partial charge is 0.477 e. The fourth-order valence-electron chi connectivity index (χ4n) is 2.28. The summed E-state index contributed by atoms with van der Waals surface area (Å²) in [5, 5.41) is 8.49. The van der Waals surface area contributed by atoms with E-state index < -0.39 is 28.1 Å². The zero-order valence-electron chi connectivity index (χ0n) is 9.99. The monoisotopic (exact) mass is 299 g/mol. The van der Waals surface area contributed by atoms with Crippen molar-refractivity contribution in [3.63, 3.8) is 0 Å². The fraction of sp³-hybridized carbons (Fsp3) is 0.231. The van der Waals surface area contributed by atoms with E-state index in [1.807, 2.05) is 0 Å². The molecule has 1 saturated carbocycles. The lowest BCUT2D eigenvalue weighted by molar-refractivity contribution is 0.0684. The Morgan fingerprint density at radius 3 is 2.55 bits per heavy atom. The molecular weight excluding hydrogens is 292 g/mol. The van der Waals surface area contributed by atoms with Gasteiger partial charge in [0.2, 0.25) is 0 Å². The highest BCUT2D eigenvalue weighted by atomic mass is 35.5. The molecule has 3 rings (SSSR count). The van der Waals surface area contributed by atoms with E-state index in [9.17, 15) is 23.5 Å². The first kappa shape index (κ1) is 13.1. The number of benzene rings is 1. The van der Waals surface area contributed by atoms with Gasteiger partial charge in [0.1, 0.15) is 10.7 Å². The molecule has 0 saturated heterocycles. The zero-order valence-corrected chi connectivity index (χ0v) is 10.7. The number of hydrogen-bond donors (Lipinski definition) is 1. The summed E-state index contributed by atoms with van der Waals surface area (Å²) in [5.74, 6) is -3.82. The molecule has 0 amide bonds. The van der Waals surface area contributed by atoms with E-state index in [1.54, 1.807) is 0 Å². The number of pyridine rings is 1. The van der Waals surface area contributed by atoms with Gasteiger partial charge in [-0.15, -0.1) is 0 Å². The summed E-state index contributed by atoms with van der Waals surface area (Å²) in [4.78, 5) is 23.1. The molecule has 0 unspecified atom stereocenters. The lowest BCUT2D eigenvalue weighted by Crippen LogP contribution is -2.18. The first-order valence-electron chi connectivity index (χ1n) is 5.88. The Morgan fingerprint density at radius 1 is 1.35 bits per heavy atom. The molecule has 1 aromatic heterocycles. The number of fused-ring (bicyclic) bond motifs is 1. The summed E-state index contributed by atoms with van der Waals surface area (Å²) in [6, 6.07) is 1.51. The standard InChI is InChI=1S/C13H8ClF2NO3/c14-10-11(16)7(15)3-6-9(18)4-8(13(19)20)17(12(6)10)5-1-2-5/h3-5H,1-2H2,(H,19,20). The van der Waals surface area contributed by atoms with Gasteiger partial charge in [0, 0.05) is 12.1 Å². The van der Waals surface area contributed by atoms with Gasteiger partial charge in [0.15, 0.2) is 17.1 Å². The third-order valence-corrected chi connectivity index (χ3v) is 3.65. The maximum atomic E-state index is 13.6. The van der Waals surface area contributed by atoms with Crippen LogP contribution >= 0.6 is 11.6 Å². The van der Waals surface area contributed by atoms with Crippen molar-refractivity contribution in [3.8, 4) is 0 Å². The summed E-state index contributed by atoms with van der Waals surface area (Å²) in [7, 11) is 0. The van der Waals surface area contributed by atoms with Gasteiger partial charge in [-0.05, 0) is 18.9 Å². The topological polar surface area (TPSA) is 59.3 Å². The number of aromatic carboxylic acids is 1. The predicted octanol–water partition coefficient (Wildman–Crippen LogP) is 2.97. The quantitative estimate of drug-likeness (QED) is 0.867. The number of halogens is 3. The van der Waals surface area contributed by atoms with Crippen LogP contribution in [0.3, 0.4) is 0 Å². The molecule has 0 bridgehead atoms. The van der Waals surface area contributed by atoms with Gasteiger partial charge in [-0.2, -0.15) is 0 Å². The van der Waals surface area contributed by atoms with E-state index in [4.69, 9.17) is 11.6 Å². The van der Waals surface area contributed by atoms with Crippen LogP contribution in [0.2, 0.25) is 5.02 Å². The van der Waals surface area contributed by atoms with Crippen molar-refractivity contribution in [1.29, 1.82) is 0 Å². The first-order chi connectivity index (χ1) is 9.41. The van der Waals surface area contributed by atoms with E-state index in [1.165, 1.54) is 4.57 Å². The van der Waals surface area contributed by atoms with Gasteiger partial charge in [-0.25, -0.2) is 13.6 Å². The molecule has 1 fully saturated rings. The molecule has 0 aliphatic heterocycles. The Balaban J connectivity index is 2.55. The molecule has 1 aliphatic rings. The highest BCUT2D eigenvalue weighted by Crippen LogP contribution is 2.40. The molecule has 104 valence electrons. The SMILES string of the molecule is O=C(O)c1cc(=O)c2cc(F)c(F)c(Cl)c2n1C1CC1. The van der Waals surface area contributed by atoms with Crippen LogP contribution in [0.4, 0.5) is 8.78 Å². The summed E-state index contributed by atoms with van der Waals surface area (Å²) < 4.78 is 28.3. The zero-order chi connectivity index (χ0) is 14.6. The minimum Gasteiger partial charge on any atom is -0.477 e. The number of carbonyl (C=O) groups is 1. The Kier molecular flexibility index (Phi) is 2.79. The minimum atomic E-state index is -1.31. The molecule has 0 radical (unpaired) electrons. The number of carboxylic acid groups (broad SMARTS) is 1. The molecule has 7 heteroatoms. The van der Waals surface area contributed by atoms with E-state index in [0.717, 1.165) is 12.1 Å². The normalized spacial score (nSPS) is 14.8. The predicted molar refractivity (Wildman–Crippen MR) is 68.4 cm³/mol. The number of carboxylic acids is 1. The fourth-order valence-corrected chi connectivity index (χ4v) is 2.56. The van der Waals surface area contributed by atoms with Crippen molar-refractivity contribution in [1.82, 2.24) is 4.57 Å². The Hall–Kier alpha value is -1.95. The number of nitrogens with zero attached hydrogens (tertiary/aromatic N) is 1. The highest BCUT2D eigenvalue weighted by Gasteiger charge is 2.31. The van der Waals surface area contributed by atoms with Gasteiger partial charge < -0.3 is 9.67 Å². The summed E-state index contributed by atoms with van der Waals surface area (Å²) in [5.41, 5.74) is -1.02. The van der Waals surface area contributed by atoms with Crippen LogP contribution in [0.5, 0.6) is 0 Å². The smallest absolute Gasteiger partial charge is 0.352 e. The maximum absolute atomic E-state index is 13.6. The summed E-state index contributed by atoms with van der Waals surface area (Å²) in [6.45, 7) is 0. The molecule has 1 aliphatic carbocycles. The molecule has 4 nitrogen and oxygen atoms in total. The molecule has 0 atom stereocenters. The van der Waals surface area contributed by atoms with Crippen LogP contribution in [0.15, 0.2) is 16.9 Å². The molecule has 0 spiro atoms. The van der Waals surface area contributed by atoms with Gasteiger partial charge >= 0.3 is 5.97 Å². The van der Waals surface area contributed by atoms with Crippen LogP contribution in [-0.4, -0.2) is 15.6 Å². The number of aromatic nitrogens is 1. The van der Waals surface area contributed by atoms with E-state index in [2.05, 4.69) is 0 Å². The van der Waals surface area contributed by atoms with Crippen molar-refractivity contribution in [2.75, 3.05) is 0 Å². The molecule has 1 N–H and O–H groups in total. The van der Waals surface area contributed by atoms with Gasteiger partial charge in [0.25, 0.3) is 0 Å². The molecule has 1 aromatic carbocycles. The number of hydrogen-bond acceptors (Lipinski definition) is 2. The van der Waals surface area contributed by atoms with Crippen LogP contribution in [-0.2, 0) is 0 Å². The van der Waals surface area contributed by atoms with Gasteiger partial charge in [-0.3, -0.25) is 4.79 Å². The van der Waals surface area contributed by atoms with Crippen molar-refractivity contribution in [2.45, 2.75) is 18.9 Å². The van der Waals surface area contributed by atoms with Crippen molar-refractivity contribution in [3.05, 3.63) is 44.7 Å². The van der Waals surface area contributed by atoms with Crippen LogP contribution < -0.4 is 5.43 Å². The first-order valence-corrected chi connectivity index (χ1v) is 6.25. The van der Waals surface area contributed by atoms with E-state index in [-0.39, 0.29) is 22.6 Å². The molecular formula is C13H8ClF2NO3. The Labute approximate surface area is 116 Å². The van der Waals surface area contributed by atoms with Gasteiger partial charge in [0.05, 0.1) is 10.9 Å². The van der Waals surface area contributed by atoms with E-state index >= 15 is 0 Å². The maximum Gasteiger partial charge on any atom is 0.352 e. The number of rotatable bonds is 2. The van der Waals surface area contributed by atoms with Crippen LogP contribution in [0, 0.1) is 11.6 Å². The van der Waals surface area contributed by atoms with Crippen molar-refractivity contribution < 1.29 is 18.7 Å². The Morgan fingerprint density at radius 2 is 2.00 bits per heavy atom.